The monoisotopic (exact) mass is 293 g/mol. The normalized spacial score (nSPS) is 11.8. The third-order valence-corrected chi connectivity index (χ3v) is 3.81. The summed E-state index contributed by atoms with van der Waals surface area (Å²) in [6, 6.07) is 0. The first-order valence-electron chi connectivity index (χ1n) is 5.23. The van der Waals surface area contributed by atoms with Crippen molar-refractivity contribution in [1.29, 1.82) is 0 Å². The highest BCUT2D eigenvalue weighted by Gasteiger charge is 2.35. The lowest BCUT2D eigenvalue weighted by atomic mass is 10.2. The van der Waals surface area contributed by atoms with Crippen molar-refractivity contribution in [3.8, 4) is 10.6 Å². The van der Waals surface area contributed by atoms with Crippen LogP contribution in [0.4, 0.5) is 18.3 Å². The minimum atomic E-state index is -4.35. The van der Waals surface area contributed by atoms with Crippen molar-refractivity contribution in [3.63, 3.8) is 0 Å². The molecule has 0 unspecified atom stereocenters. The van der Waals surface area contributed by atoms with Gasteiger partial charge in [0.15, 0.2) is 5.01 Å². The summed E-state index contributed by atoms with van der Waals surface area (Å²) in [7, 11) is 0. The third-order valence-electron chi connectivity index (χ3n) is 2.15. The maximum absolute atomic E-state index is 12.7. The Hall–Kier alpha value is -1.15. The van der Waals surface area contributed by atoms with Crippen LogP contribution >= 0.6 is 22.7 Å². The summed E-state index contributed by atoms with van der Waals surface area (Å²) in [6.07, 6.45) is -3.43. The van der Waals surface area contributed by atoms with Gasteiger partial charge in [0.25, 0.3) is 0 Å². The van der Waals surface area contributed by atoms with E-state index in [0.717, 1.165) is 41.0 Å². The van der Waals surface area contributed by atoms with Crippen LogP contribution in [0.2, 0.25) is 0 Å². The Morgan fingerprint density at radius 3 is 2.72 bits per heavy atom. The first kappa shape index (κ1) is 13.3. The van der Waals surface area contributed by atoms with Crippen LogP contribution in [0.5, 0.6) is 0 Å². The quantitative estimate of drug-likeness (QED) is 0.922. The van der Waals surface area contributed by atoms with E-state index in [1.54, 1.807) is 0 Å². The lowest BCUT2D eigenvalue weighted by Crippen LogP contribution is -2.04. The Morgan fingerprint density at radius 1 is 1.28 bits per heavy atom. The van der Waals surface area contributed by atoms with Gasteiger partial charge >= 0.3 is 6.18 Å². The Balaban J connectivity index is 2.27. The van der Waals surface area contributed by atoms with E-state index >= 15 is 0 Å². The zero-order chi connectivity index (χ0) is 13.2. The van der Waals surface area contributed by atoms with Gasteiger partial charge in [-0.1, -0.05) is 18.3 Å². The summed E-state index contributed by atoms with van der Waals surface area (Å²) in [5, 5.41) is 14.0. The summed E-state index contributed by atoms with van der Waals surface area (Å²) >= 11 is 2.15. The highest BCUT2D eigenvalue weighted by atomic mass is 32.1. The molecule has 1 N–H and O–H groups in total. The minimum Gasteiger partial charge on any atom is -0.360 e. The van der Waals surface area contributed by atoms with Crippen molar-refractivity contribution < 1.29 is 13.2 Å². The number of nitrogens with one attached hydrogen (secondary N) is 1. The van der Waals surface area contributed by atoms with Crippen LogP contribution in [-0.2, 0) is 6.18 Å². The largest absolute Gasteiger partial charge is 0.417 e. The van der Waals surface area contributed by atoms with Crippen molar-refractivity contribution in [3.05, 3.63) is 16.3 Å². The molecule has 2 heterocycles. The molecule has 98 valence electrons. The SMILES string of the molecule is CCCNc1nnc(-c2cscc2C(F)(F)F)s1. The molecule has 0 aliphatic rings. The molecule has 3 nitrogen and oxygen atoms in total. The zero-order valence-corrected chi connectivity index (χ0v) is 11.0. The van der Waals surface area contributed by atoms with Gasteiger partial charge in [0.1, 0.15) is 0 Å². The van der Waals surface area contributed by atoms with Crippen LogP contribution in [-0.4, -0.2) is 16.7 Å². The van der Waals surface area contributed by atoms with Crippen LogP contribution in [0.3, 0.4) is 0 Å². The second-order valence-corrected chi connectivity index (χ2v) is 5.26. The van der Waals surface area contributed by atoms with Crippen LogP contribution in [0.25, 0.3) is 10.6 Å². The molecule has 0 radical (unpaired) electrons. The van der Waals surface area contributed by atoms with E-state index in [4.69, 9.17) is 0 Å². The number of halogens is 3. The molecule has 0 bridgehead atoms. The summed E-state index contributed by atoms with van der Waals surface area (Å²) < 4.78 is 38.2. The number of hydrogen-bond acceptors (Lipinski definition) is 5. The highest BCUT2D eigenvalue weighted by Crippen LogP contribution is 2.40. The summed E-state index contributed by atoms with van der Waals surface area (Å²) in [6.45, 7) is 2.72. The van der Waals surface area contributed by atoms with Crippen LogP contribution in [0, 0.1) is 0 Å². The van der Waals surface area contributed by atoms with Crippen molar-refractivity contribution in [2.45, 2.75) is 19.5 Å². The van der Waals surface area contributed by atoms with Gasteiger partial charge < -0.3 is 5.32 Å². The minimum absolute atomic E-state index is 0.106. The Labute approximate surface area is 110 Å². The number of anilines is 1. The fourth-order valence-corrected chi connectivity index (χ4v) is 3.03. The topological polar surface area (TPSA) is 37.8 Å². The van der Waals surface area contributed by atoms with E-state index in [2.05, 4.69) is 15.5 Å². The number of thiophene rings is 1. The van der Waals surface area contributed by atoms with Gasteiger partial charge in [-0.3, -0.25) is 0 Å². The molecule has 0 saturated carbocycles. The molecule has 0 aromatic carbocycles. The van der Waals surface area contributed by atoms with Gasteiger partial charge in [-0.05, 0) is 6.42 Å². The molecule has 18 heavy (non-hydrogen) atoms. The number of aromatic nitrogens is 2. The molecule has 0 aliphatic heterocycles. The number of hydrogen-bond donors (Lipinski definition) is 1. The first-order valence-corrected chi connectivity index (χ1v) is 6.99. The second-order valence-electron chi connectivity index (χ2n) is 3.54. The van der Waals surface area contributed by atoms with Crippen LogP contribution in [0.15, 0.2) is 10.8 Å². The van der Waals surface area contributed by atoms with E-state index in [0.29, 0.717) is 10.1 Å². The molecule has 0 fully saturated rings. The Bertz CT molecular complexity index is 518. The standard InChI is InChI=1S/C10H10F3N3S2/c1-2-3-14-9-16-15-8(18-9)6-4-17-5-7(6)10(11,12)13/h4-5H,2-3H2,1H3,(H,14,16). The van der Waals surface area contributed by atoms with Crippen LogP contribution in [0.1, 0.15) is 18.9 Å². The van der Waals surface area contributed by atoms with Crippen LogP contribution < -0.4 is 5.32 Å². The summed E-state index contributed by atoms with van der Waals surface area (Å²) in [4.78, 5) is 0. The van der Waals surface area contributed by atoms with Crippen molar-refractivity contribution in [1.82, 2.24) is 10.2 Å². The maximum atomic E-state index is 12.7. The lowest BCUT2D eigenvalue weighted by molar-refractivity contribution is -0.136. The van der Waals surface area contributed by atoms with Crippen molar-refractivity contribution in [2.75, 3.05) is 11.9 Å². The molecule has 0 saturated heterocycles. The molecule has 0 amide bonds. The molecule has 0 spiro atoms. The molecule has 2 rings (SSSR count). The molecule has 8 heteroatoms. The second kappa shape index (κ2) is 5.23. The van der Waals surface area contributed by atoms with Gasteiger partial charge in [0.2, 0.25) is 5.13 Å². The van der Waals surface area contributed by atoms with E-state index in [-0.39, 0.29) is 5.56 Å². The molecular weight excluding hydrogens is 283 g/mol. The molecule has 0 aliphatic carbocycles. The van der Waals surface area contributed by atoms with E-state index in [1.807, 2.05) is 6.92 Å². The maximum Gasteiger partial charge on any atom is 0.417 e. The zero-order valence-electron chi connectivity index (χ0n) is 9.41. The summed E-state index contributed by atoms with van der Waals surface area (Å²) in [5.41, 5.74) is -0.541. The molecule has 2 aromatic heterocycles. The van der Waals surface area contributed by atoms with E-state index in [1.165, 1.54) is 5.38 Å². The van der Waals surface area contributed by atoms with Gasteiger partial charge in [-0.15, -0.1) is 10.2 Å². The molecule has 0 atom stereocenters. The first-order chi connectivity index (χ1) is 8.52. The lowest BCUT2D eigenvalue weighted by Gasteiger charge is -2.05. The highest BCUT2D eigenvalue weighted by molar-refractivity contribution is 7.18. The fraction of sp³-hybridized carbons (Fsp3) is 0.400. The Kier molecular flexibility index (Phi) is 3.86. The summed E-state index contributed by atoms with van der Waals surface area (Å²) in [5.74, 6) is 0. The predicted molar refractivity (Wildman–Crippen MR) is 67.0 cm³/mol. The number of rotatable bonds is 4. The van der Waals surface area contributed by atoms with E-state index < -0.39 is 11.7 Å². The van der Waals surface area contributed by atoms with Gasteiger partial charge in [-0.2, -0.15) is 24.5 Å². The van der Waals surface area contributed by atoms with E-state index in [9.17, 15) is 13.2 Å². The average molecular weight is 293 g/mol. The third kappa shape index (κ3) is 2.81. The molecule has 2 aromatic rings. The average Bonchev–Trinajstić information content (AvgIpc) is 2.93. The van der Waals surface area contributed by atoms with Gasteiger partial charge in [0.05, 0.1) is 5.56 Å². The van der Waals surface area contributed by atoms with Gasteiger partial charge in [0, 0.05) is 22.9 Å². The Morgan fingerprint density at radius 2 is 2.06 bits per heavy atom. The number of alkyl halides is 3. The number of nitrogens with zero attached hydrogens (tertiary/aromatic N) is 2. The van der Waals surface area contributed by atoms with Crippen molar-refractivity contribution in [2.24, 2.45) is 0 Å². The fourth-order valence-electron chi connectivity index (χ4n) is 1.32. The smallest absolute Gasteiger partial charge is 0.360 e. The predicted octanol–water partition coefficient (Wildman–Crippen LogP) is 4.11. The molecular formula is C10H10F3N3S2. The van der Waals surface area contributed by atoms with Gasteiger partial charge in [-0.25, -0.2) is 0 Å². The van der Waals surface area contributed by atoms with Crippen molar-refractivity contribution >= 4 is 27.8 Å².